The minimum absolute atomic E-state index is 0.0593. The third-order valence-electron chi connectivity index (χ3n) is 4.03. The van der Waals surface area contributed by atoms with Crippen LogP contribution in [0.3, 0.4) is 0 Å². The number of Topliss-reactive ketones (excluding diaryl/α,β-unsaturated/α-hetero) is 1. The van der Waals surface area contributed by atoms with Crippen LogP contribution in [0.15, 0.2) is 18.2 Å². The summed E-state index contributed by atoms with van der Waals surface area (Å²) in [6, 6.07) is 5.62. The second-order valence-corrected chi connectivity index (χ2v) is 5.82. The van der Waals surface area contributed by atoms with Gasteiger partial charge in [-0.2, -0.15) is 0 Å². The van der Waals surface area contributed by atoms with Crippen LogP contribution < -0.4 is 4.90 Å². The Hall–Kier alpha value is -1.02. The number of benzene rings is 1. The van der Waals surface area contributed by atoms with E-state index in [9.17, 15) is 4.79 Å². The maximum Gasteiger partial charge on any atom is 0.159 e. The Morgan fingerprint density at radius 2 is 2.06 bits per heavy atom. The Kier molecular flexibility index (Phi) is 3.96. The van der Waals surface area contributed by atoms with Crippen molar-refractivity contribution in [2.45, 2.75) is 27.2 Å². The van der Waals surface area contributed by atoms with Crippen molar-refractivity contribution in [2.24, 2.45) is 11.8 Å². The van der Waals surface area contributed by atoms with E-state index in [1.165, 1.54) is 6.42 Å². The second kappa shape index (κ2) is 5.31. The highest BCUT2D eigenvalue weighted by molar-refractivity contribution is 6.33. The van der Waals surface area contributed by atoms with Gasteiger partial charge in [-0.3, -0.25) is 4.79 Å². The molecular formula is C15H20ClNO. The van der Waals surface area contributed by atoms with Gasteiger partial charge in [0.05, 0.1) is 10.7 Å². The molecule has 1 fully saturated rings. The topological polar surface area (TPSA) is 20.3 Å². The number of piperidine rings is 1. The molecule has 1 aliphatic heterocycles. The monoisotopic (exact) mass is 265 g/mol. The van der Waals surface area contributed by atoms with E-state index in [0.29, 0.717) is 16.5 Å². The van der Waals surface area contributed by atoms with Crippen LogP contribution in [0.2, 0.25) is 5.02 Å². The lowest BCUT2D eigenvalue weighted by atomic mass is 9.88. The van der Waals surface area contributed by atoms with E-state index < -0.39 is 0 Å². The van der Waals surface area contributed by atoms with E-state index in [-0.39, 0.29) is 5.78 Å². The predicted octanol–water partition coefficient (Wildman–Crippen LogP) is 4.02. The zero-order valence-electron chi connectivity index (χ0n) is 11.2. The molecule has 2 unspecified atom stereocenters. The quantitative estimate of drug-likeness (QED) is 0.753. The first kappa shape index (κ1) is 13.4. The van der Waals surface area contributed by atoms with Crippen LogP contribution in [0.25, 0.3) is 0 Å². The van der Waals surface area contributed by atoms with Crippen LogP contribution in [-0.4, -0.2) is 18.9 Å². The van der Waals surface area contributed by atoms with E-state index in [2.05, 4.69) is 18.7 Å². The largest absolute Gasteiger partial charge is 0.370 e. The Bertz CT molecular complexity index is 458. The van der Waals surface area contributed by atoms with Crippen LogP contribution in [-0.2, 0) is 0 Å². The molecule has 0 amide bonds. The number of hydrogen-bond acceptors (Lipinski definition) is 2. The maximum absolute atomic E-state index is 11.3. The van der Waals surface area contributed by atoms with Crippen LogP contribution in [0.5, 0.6) is 0 Å². The Morgan fingerprint density at radius 1 is 1.33 bits per heavy atom. The summed E-state index contributed by atoms with van der Waals surface area (Å²) in [7, 11) is 0. The molecule has 2 nitrogen and oxygen atoms in total. The molecule has 2 atom stereocenters. The average molecular weight is 266 g/mol. The zero-order valence-corrected chi connectivity index (χ0v) is 12.0. The molecule has 1 aromatic carbocycles. The third kappa shape index (κ3) is 2.69. The summed E-state index contributed by atoms with van der Waals surface area (Å²) in [6.07, 6.45) is 1.20. The van der Waals surface area contributed by atoms with Crippen molar-refractivity contribution in [3.8, 4) is 0 Å². The summed E-state index contributed by atoms with van der Waals surface area (Å²) >= 11 is 6.30. The second-order valence-electron chi connectivity index (χ2n) is 5.41. The zero-order chi connectivity index (χ0) is 13.3. The van der Waals surface area contributed by atoms with Crippen molar-refractivity contribution in [1.82, 2.24) is 0 Å². The highest BCUT2D eigenvalue weighted by atomic mass is 35.5. The lowest BCUT2D eigenvalue weighted by Crippen LogP contribution is -2.38. The molecule has 18 heavy (non-hydrogen) atoms. The maximum atomic E-state index is 11.3. The first-order valence-electron chi connectivity index (χ1n) is 6.54. The minimum Gasteiger partial charge on any atom is -0.370 e. The van der Waals surface area contributed by atoms with Gasteiger partial charge in [0, 0.05) is 18.7 Å². The lowest BCUT2D eigenvalue weighted by molar-refractivity contribution is 0.101. The smallest absolute Gasteiger partial charge is 0.159 e. The van der Waals surface area contributed by atoms with Crippen molar-refractivity contribution in [3.05, 3.63) is 28.8 Å². The van der Waals surface area contributed by atoms with E-state index in [4.69, 9.17) is 11.6 Å². The molecule has 1 heterocycles. The molecule has 1 aliphatic rings. The first-order chi connectivity index (χ1) is 8.49. The number of carbonyl (C=O) groups excluding carboxylic acids is 1. The van der Waals surface area contributed by atoms with E-state index >= 15 is 0 Å². The van der Waals surface area contributed by atoms with Crippen molar-refractivity contribution < 1.29 is 4.79 Å². The molecule has 0 saturated carbocycles. The molecule has 3 heteroatoms. The Morgan fingerprint density at radius 3 is 2.61 bits per heavy atom. The van der Waals surface area contributed by atoms with E-state index in [1.807, 2.05) is 12.1 Å². The van der Waals surface area contributed by atoms with E-state index in [1.54, 1.807) is 13.0 Å². The fourth-order valence-corrected chi connectivity index (χ4v) is 2.76. The Balaban J connectivity index is 2.21. The van der Waals surface area contributed by atoms with Gasteiger partial charge in [0.1, 0.15) is 0 Å². The third-order valence-corrected chi connectivity index (χ3v) is 4.33. The van der Waals surface area contributed by atoms with Gasteiger partial charge >= 0.3 is 0 Å². The molecule has 0 N–H and O–H groups in total. The predicted molar refractivity (Wildman–Crippen MR) is 76.6 cm³/mol. The first-order valence-corrected chi connectivity index (χ1v) is 6.92. The van der Waals surface area contributed by atoms with Gasteiger partial charge in [-0.25, -0.2) is 0 Å². The number of rotatable bonds is 2. The van der Waals surface area contributed by atoms with Gasteiger partial charge in [0.15, 0.2) is 5.78 Å². The summed E-state index contributed by atoms with van der Waals surface area (Å²) < 4.78 is 0. The van der Waals surface area contributed by atoms with Gasteiger partial charge in [-0.05, 0) is 43.4 Å². The van der Waals surface area contributed by atoms with Gasteiger partial charge in [0.25, 0.3) is 0 Å². The standard InChI is InChI=1S/C15H20ClNO/c1-10-6-7-17(9-11(10)2)15-5-4-13(12(3)18)8-14(15)16/h4-5,8,10-11H,6-7,9H2,1-3H3. The average Bonchev–Trinajstić information content (AvgIpc) is 2.32. The fourth-order valence-electron chi connectivity index (χ4n) is 2.46. The summed E-state index contributed by atoms with van der Waals surface area (Å²) in [4.78, 5) is 13.6. The molecule has 2 rings (SSSR count). The minimum atomic E-state index is 0.0593. The van der Waals surface area contributed by atoms with Crippen molar-refractivity contribution in [1.29, 1.82) is 0 Å². The molecule has 1 aromatic rings. The van der Waals surface area contributed by atoms with Crippen molar-refractivity contribution in [3.63, 3.8) is 0 Å². The van der Waals surface area contributed by atoms with E-state index in [0.717, 1.165) is 24.7 Å². The van der Waals surface area contributed by atoms with Gasteiger partial charge in [-0.1, -0.05) is 25.4 Å². The molecular weight excluding hydrogens is 246 g/mol. The molecule has 0 bridgehead atoms. The van der Waals surface area contributed by atoms with Crippen molar-refractivity contribution >= 4 is 23.1 Å². The SMILES string of the molecule is CC(=O)c1ccc(N2CCC(C)C(C)C2)c(Cl)c1. The summed E-state index contributed by atoms with van der Waals surface area (Å²) in [5.74, 6) is 1.52. The summed E-state index contributed by atoms with van der Waals surface area (Å²) in [6.45, 7) is 8.25. The highest BCUT2D eigenvalue weighted by Crippen LogP contribution is 2.32. The Labute approximate surface area is 114 Å². The van der Waals surface area contributed by atoms with Crippen LogP contribution >= 0.6 is 11.6 Å². The summed E-state index contributed by atoms with van der Waals surface area (Å²) in [5.41, 5.74) is 1.74. The highest BCUT2D eigenvalue weighted by Gasteiger charge is 2.24. The van der Waals surface area contributed by atoms with Gasteiger partial charge < -0.3 is 4.90 Å². The number of halogens is 1. The lowest BCUT2D eigenvalue weighted by Gasteiger charge is -2.37. The van der Waals surface area contributed by atoms with Crippen molar-refractivity contribution in [2.75, 3.05) is 18.0 Å². The molecule has 98 valence electrons. The fraction of sp³-hybridized carbons (Fsp3) is 0.533. The number of ketones is 1. The van der Waals surface area contributed by atoms with Gasteiger partial charge in [-0.15, -0.1) is 0 Å². The number of nitrogens with zero attached hydrogens (tertiary/aromatic N) is 1. The van der Waals surface area contributed by atoms with Crippen LogP contribution in [0, 0.1) is 11.8 Å². The molecule has 0 radical (unpaired) electrons. The molecule has 1 saturated heterocycles. The molecule has 0 aliphatic carbocycles. The van der Waals surface area contributed by atoms with Crippen LogP contribution in [0.1, 0.15) is 37.6 Å². The molecule has 0 aromatic heterocycles. The number of carbonyl (C=O) groups is 1. The van der Waals surface area contributed by atoms with Gasteiger partial charge in [0.2, 0.25) is 0 Å². The van der Waals surface area contributed by atoms with Crippen LogP contribution in [0.4, 0.5) is 5.69 Å². The normalized spacial score (nSPS) is 24.1. The molecule has 0 spiro atoms. The number of hydrogen-bond donors (Lipinski definition) is 0. The summed E-state index contributed by atoms with van der Waals surface area (Å²) in [5, 5.41) is 0.685. The number of anilines is 1.